The van der Waals surface area contributed by atoms with E-state index in [1.165, 1.54) is 12.1 Å². The van der Waals surface area contributed by atoms with Crippen molar-refractivity contribution in [2.24, 2.45) is 0 Å². The van der Waals surface area contributed by atoms with Crippen LogP contribution in [0.1, 0.15) is 17.9 Å². The normalized spacial score (nSPS) is 12.0. The maximum atomic E-state index is 10.4. The van der Waals surface area contributed by atoms with Crippen molar-refractivity contribution in [2.45, 2.75) is 12.3 Å². The minimum Gasteiger partial charge on any atom is -0.508 e. The molecule has 1 N–H and O–H groups in total. The quantitative estimate of drug-likeness (QED) is 0.450. The van der Waals surface area contributed by atoms with Gasteiger partial charge in [0.25, 0.3) is 0 Å². The highest BCUT2D eigenvalue weighted by atomic mass is 16.6. The first kappa shape index (κ1) is 11.2. The van der Waals surface area contributed by atoms with Crippen LogP contribution in [0.4, 0.5) is 0 Å². The molecule has 0 aliphatic rings. The Morgan fingerprint density at radius 1 is 1.40 bits per heavy atom. The lowest BCUT2D eigenvalue weighted by Gasteiger charge is -2.09. The number of hydrogen-bond acceptors (Lipinski definition) is 4. The summed E-state index contributed by atoms with van der Waals surface area (Å²) in [5.41, 5.74) is 0.691. The smallest absolute Gasteiger partial charge is 0.211 e. The lowest BCUT2D eigenvalue weighted by Crippen LogP contribution is -2.12. The third-order valence-corrected chi connectivity index (χ3v) is 2.11. The Kier molecular flexibility index (Phi) is 3.79. The summed E-state index contributed by atoms with van der Waals surface area (Å²) in [5.74, 6) is -0.317. The SMILES string of the molecule is O=CC[C@@H](C[N+](=O)[O-])c1ccc(O)cc1. The lowest BCUT2D eigenvalue weighted by atomic mass is 9.96. The van der Waals surface area contributed by atoms with Crippen molar-refractivity contribution in [3.05, 3.63) is 39.9 Å². The highest BCUT2D eigenvalue weighted by Crippen LogP contribution is 2.21. The fourth-order valence-corrected chi connectivity index (χ4v) is 1.36. The molecule has 0 aliphatic carbocycles. The Balaban J connectivity index is 2.83. The number of phenolic OH excluding ortho intramolecular Hbond substituents is 1. The van der Waals surface area contributed by atoms with Crippen LogP contribution in [-0.4, -0.2) is 22.9 Å². The van der Waals surface area contributed by atoms with Crippen molar-refractivity contribution in [2.75, 3.05) is 6.54 Å². The molecular formula is C10H11NO4. The Hall–Kier alpha value is -1.91. The summed E-state index contributed by atoms with van der Waals surface area (Å²) >= 11 is 0. The van der Waals surface area contributed by atoms with Gasteiger partial charge < -0.3 is 9.90 Å². The summed E-state index contributed by atoms with van der Waals surface area (Å²) in [6.07, 6.45) is 0.785. The number of aldehydes is 1. The number of benzene rings is 1. The van der Waals surface area contributed by atoms with Gasteiger partial charge in [-0.05, 0) is 17.7 Å². The third kappa shape index (κ3) is 3.38. The van der Waals surface area contributed by atoms with E-state index in [0.29, 0.717) is 11.8 Å². The van der Waals surface area contributed by atoms with Gasteiger partial charge in [-0.1, -0.05) is 12.1 Å². The Bertz CT molecular complexity index is 347. The minimum atomic E-state index is -0.443. The molecule has 0 spiro atoms. The summed E-state index contributed by atoms with van der Waals surface area (Å²) in [6, 6.07) is 6.08. The maximum Gasteiger partial charge on any atom is 0.211 e. The van der Waals surface area contributed by atoms with Gasteiger partial charge in [-0.25, -0.2) is 0 Å². The average Bonchev–Trinajstić information content (AvgIpc) is 2.17. The fourth-order valence-electron chi connectivity index (χ4n) is 1.36. The van der Waals surface area contributed by atoms with Crippen molar-refractivity contribution < 1.29 is 14.8 Å². The minimum absolute atomic E-state index is 0.102. The van der Waals surface area contributed by atoms with Crippen LogP contribution in [0, 0.1) is 10.1 Å². The van der Waals surface area contributed by atoms with Crippen molar-refractivity contribution >= 4 is 6.29 Å². The van der Waals surface area contributed by atoms with Gasteiger partial charge in [0.05, 0.1) is 5.92 Å². The van der Waals surface area contributed by atoms with Crippen LogP contribution >= 0.6 is 0 Å². The highest BCUT2D eigenvalue weighted by Gasteiger charge is 2.17. The van der Waals surface area contributed by atoms with E-state index in [0.717, 1.165) is 0 Å². The zero-order valence-electron chi connectivity index (χ0n) is 8.00. The van der Waals surface area contributed by atoms with Crippen molar-refractivity contribution in [3.8, 4) is 5.75 Å². The summed E-state index contributed by atoms with van der Waals surface area (Å²) in [4.78, 5) is 20.3. The molecule has 0 saturated heterocycles. The van der Waals surface area contributed by atoms with Crippen LogP contribution < -0.4 is 0 Å². The fraction of sp³-hybridized carbons (Fsp3) is 0.300. The molecule has 1 aromatic carbocycles. The molecule has 0 radical (unpaired) electrons. The average molecular weight is 209 g/mol. The number of phenols is 1. The van der Waals surface area contributed by atoms with E-state index in [-0.39, 0.29) is 18.7 Å². The second kappa shape index (κ2) is 5.09. The number of hydrogen-bond donors (Lipinski definition) is 1. The molecule has 15 heavy (non-hydrogen) atoms. The third-order valence-electron chi connectivity index (χ3n) is 2.11. The predicted octanol–water partition coefficient (Wildman–Crippen LogP) is 1.34. The molecule has 1 rings (SSSR count). The zero-order valence-corrected chi connectivity index (χ0v) is 8.00. The van der Waals surface area contributed by atoms with Crippen molar-refractivity contribution in [3.63, 3.8) is 0 Å². The molecule has 0 amide bonds. The van der Waals surface area contributed by atoms with Crippen LogP contribution in [0.2, 0.25) is 0 Å². The summed E-state index contributed by atoms with van der Waals surface area (Å²) < 4.78 is 0. The van der Waals surface area contributed by atoms with E-state index in [9.17, 15) is 14.9 Å². The van der Waals surface area contributed by atoms with Gasteiger partial charge in [0.2, 0.25) is 6.54 Å². The Labute approximate surface area is 86.5 Å². The maximum absolute atomic E-state index is 10.4. The monoisotopic (exact) mass is 209 g/mol. The molecule has 0 aliphatic heterocycles. The number of nitrogens with zero attached hydrogens (tertiary/aromatic N) is 1. The molecule has 0 bridgehead atoms. The largest absolute Gasteiger partial charge is 0.508 e. The van der Waals surface area contributed by atoms with Gasteiger partial charge in [0, 0.05) is 11.3 Å². The van der Waals surface area contributed by atoms with E-state index in [1.807, 2.05) is 0 Å². The molecule has 0 aromatic heterocycles. The molecule has 0 fully saturated rings. The number of carbonyl (C=O) groups is 1. The molecule has 0 heterocycles. The number of aromatic hydroxyl groups is 1. The Morgan fingerprint density at radius 2 is 2.00 bits per heavy atom. The van der Waals surface area contributed by atoms with Crippen LogP contribution in [-0.2, 0) is 4.79 Å². The molecule has 0 unspecified atom stereocenters. The van der Waals surface area contributed by atoms with Gasteiger partial charge in [-0.3, -0.25) is 10.1 Å². The second-order valence-corrected chi connectivity index (χ2v) is 3.21. The number of carbonyl (C=O) groups excluding carboxylic acids is 1. The van der Waals surface area contributed by atoms with Crippen molar-refractivity contribution in [1.82, 2.24) is 0 Å². The van der Waals surface area contributed by atoms with Gasteiger partial charge in [-0.2, -0.15) is 0 Å². The predicted molar refractivity (Wildman–Crippen MR) is 53.4 cm³/mol. The summed E-state index contributed by atoms with van der Waals surface area (Å²) in [7, 11) is 0. The molecular weight excluding hydrogens is 198 g/mol. The summed E-state index contributed by atoms with van der Waals surface area (Å²) in [5, 5.41) is 19.4. The van der Waals surface area contributed by atoms with Gasteiger partial charge in [0.15, 0.2) is 0 Å². The number of nitro groups is 1. The topological polar surface area (TPSA) is 80.4 Å². The van der Waals surface area contributed by atoms with E-state index in [4.69, 9.17) is 5.11 Å². The molecule has 1 atom stereocenters. The van der Waals surface area contributed by atoms with E-state index < -0.39 is 10.8 Å². The van der Waals surface area contributed by atoms with Gasteiger partial charge in [0.1, 0.15) is 12.0 Å². The highest BCUT2D eigenvalue weighted by molar-refractivity contribution is 5.51. The first-order chi connectivity index (χ1) is 7.13. The second-order valence-electron chi connectivity index (χ2n) is 3.21. The molecule has 5 heteroatoms. The first-order valence-electron chi connectivity index (χ1n) is 4.48. The summed E-state index contributed by atoms with van der Waals surface area (Å²) in [6.45, 7) is -0.274. The molecule has 1 aromatic rings. The van der Waals surface area contributed by atoms with E-state index in [2.05, 4.69) is 0 Å². The molecule has 0 saturated carbocycles. The Morgan fingerprint density at radius 3 is 2.47 bits per heavy atom. The van der Waals surface area contributed by atoms with Crippen molar-refractivity contribution in [1.29, 1.82) is 0 Å². The lowest BCUT2D eigenvalue weighted by molar-refractivity contribution is -0.483. The zero-order chi connectivity index (χ0) is 11.3. The first-order valence-corrected chi connectivity index (χ1v) is 4.48. The van der Waals surface area contributed by atoms with Gasteiger partial charge >= 0.3 is 0 Å². The van der Waals surface area contributed by atoms with Crippen LogP contribution in [0.5, 0.6) is 5.75 Å². The van der Waals surface area contributed by atoms with Gasteiger partial charge in [-0.15, -0.1) is 0 Å². The van der Waals surface area contributed by atoms with Crippen LogP contribution in [0.3, 0.4) is 0 Å². The van der Waals surface area contributed by atoms with E-state index >= 15 is 0 Å². The number of rotatable bonds is 5. The van der Waals surface area contributed by atoms with Crippen LogP contribution in [0.25, 0.3) is 0 Å². The standard InChI is InChI=1S/C10H11NO4/c12-6-5-9(7-11(14)15)8-1-3-10(13)4-2-8/h1-4,6,9,13H,5,7H2/t9-/m0/s1. The molecule has 80 valence electrons. The van der Waals surface area contributed by atoms with Crippen LogP contribution in [0.15, 0.2) is 24.3 Å². The molecule has 5 nitrogen and oxygen atoms in total. The van der Waals surface area contributed by atoms with E-state index in [1.54, 1.807) is 12.1 Å².